The van der Waals surface area contributed by atoms with Crippen molar-refractivity contribution in [2.75, 3.05) is 13.6 Å². The Morgan fingerprint density at radius 2 is 2.20 bits per heavy atom. The largest absolute Gasteiger partial charge is 0.337 e. The molecule has 108 valence electrons. The number of halogens is 1. The monoisotopic (exact) mass is 276 g/mol. The van der Waals surface area contributed by atoms with Gasteiger partial charge in [0.15, 0.2) is 0 Å². The molecule has 0 amide bonds. The molecule has 0 fully saturated rings. The van der Waals surface area contributed by atoms with Gasteiger partial charge in [0.05, 0.1) is 6.54 Å². The highest BCUT2D eigenvalue weighted by Crippen LogP contribution is 2.22. The van der Waals surface area contributed by atoms with Gasteiger partial charge in [0, 0.05) is 32.0 Å². The SMILES string of the molecule is Cc1ccc(C(CN)N(C)Cc2nccn2C)cc1F. The molecule has 0 saturated heterocycles. The molecule has 1 heterocycles. The van der Waals surface area contributed by atoms with E-state index in [1.807, 2.05) is 30.9 Å². The lowest BCUT2D eigenvalue weighted by Gasteiger charge is -2.27. The van der Waals surface area contributed by atoms with Crippen molar-refractivity contribution in [2.45, 2.75) is 19.5 Å². The summed E-state index contributed by atoms with van der Waals surface area (Å²) < 4.78 is 15.7. The maximum atomic E-state index is 13.7. The minimum absolute atomic E-state index is 0.0261. The molecule has 0 aliphatic rings. The molecular weight excluding hydrogens is 255 g/mol. The van der Waals surface area contributed by atoms with Gasteiger partial charge in [0.1, 0.15) is 11.6 Å². The number of aryl methyl sites for hydroxylation is 2. The van der Waals surface area contributed by atoms with Crippen LogP contribution in [0, 0.1) is 12.7 Å². The first kappa shape index (κ1) is 14.7. The van der Waals surface area contributed by atoms with Crippen molar-refractivity contribution in [3.05, 3.63) is 53.4 Å². The van der Waals surface area contributed by atoms with Crippen molar-refractivity contribution in [3.63, 3.8) is 0 Å². The van der Waals surface area contributed by atoms with E-state index in [0.717, 1.165) is 11.4 Å². The van der Waals surface area contributed by atoms with E-state index in [2.05, 4.69) is 9.88 Å². The Morgan fingerprint density at radius 3 is 2.75 bits per heavy atom. The van der Waals surface area contributed by atoms with Crippen molar-refractivity contribution in [1.29, 1.82) is 0 Å². The van der Waals surface area contributed by atoms with Gasteiger partial charge in [0.2, 0.25) is 0 Å². The van der Waals surface area contributed by atoms with Gasteiger partial charge in [-0.2, -0.15) is 0 Å². The van der Waals surface area contributed by atoms with Crippen LogP contribution in [-0.4, -0.2) is 28.0 Å². The van der Waals surface area contributed by atoms with Crippen molar-refractivity contribution in [1.82, 2.24) is 14.5 Å². The molecule has 0 saturated carbocycles. The maximum Gasteiger partial charge on any atom is 0.126 e. The fourth-order valence-electron chi connectivity index (χ4n) is 2.27. The van der Waals surface area contributed by atoms with E-state index < -0.39 is 0 Å². The molecule has 1 unspecified atom stereocenters. The van der Waals surface area contributed by atoms with Crippen molar-refractivity contribution in [3.8, 4) is 0 Å². The quantitative estimate of drug-likeness (QED) is 0.908. The van der Waals surface area contributed by atoms with Crippen LogP contribution in [0.15, 0.2) is 30.6 Å². The lowest BCUT2D eigenvalue weighted by Crippen LogP contribution is -2.31. The van der Waals surface area contributed by atoms with Crippen LogP contribution in [0.25, 0.3) is 0 Å². The van der Waals surface area contributed by atoms with Crippen LogP contribution in [0.5, 0.6) is 0 Å². The molecule has 5 heteroatoms. The molecular formula is C15H21FN4. The van der Waals surface area contributed by atoms with Crippen LogP contribution in [0.4, 0.5) is 4.39 Å². The van der Waals surface area contributed by atoms with Crippen LogP contribution in [-0.2, 0) is 13.6 Å². The van der Waals surface area contributed by atoms with Crippen LogP contribution in [0.1, 0.15) is 23.0 Å². The van der Waals surface area contributed by atoms with Crippen molar-refractivity contribution in [2.24, 2.45) is 12.8 Å². The number of nitrogens with two attached hydrogens (primary N) is 1. The average molecular weight is 276 g/mol. The second-order valence-electron chi connectivity index (χ2n) is 5.13. The summed E-state index contributed by atoms with van der Waals surface area (Å²) in [5.41, 5.74) is 7.41. The Balaban J connectivity index is 2.18. The van der Waals surface area contributed by atoms with Gasteiger partial charge >= 0.3 is 0 Å². The zero-order valence-corrected chi connectivity index (χ0v) is 12.2. The van der Waals surface area contributed by atoms with Gasteiger partial charge in [-0.1, -0.05) is 12.1 Å². The number of hydrogen-bond donors (Lipinski definition) is 1. The number of imidazole rings is 1. The lowest BCUT2D eigenvalue weighted by atomic mass is 10.0. The fourth-order valence-corrected chi connectivity index (χ4v) is 2.27. The zero-order valence-electron chi connectivity index (χ0n) is 12.2. The first-order valence-electron chi connectivity index (χ1n) is 6.65. The predicted molar refractivity (Wildman–Crippen MR) is 77.6 cm³/mol. The first-order valence-corrected chi connectivity index (χ1v) is 6.65. The van der Waals surface area contributed by atoms with Crippen LogP contribution >= 0.6 is 0 Å². The Labute approximate surface area is 119 Å². The molecule has 2 aromatic rings. The summed E-state index contributed by atoms with van der Waals surface area (Å²) in [7, 11) is 3.93. The Hall–Kier alpha value is -1.72. The highest BCUT2D eigenvalue weighted by molar-refractivity contribution is 5.26. The summed E-state index contributed by atoms with van der Waals surface area (Å²) in [4.78, 5) is 6.39. The molecule has 0 bridgehead atoms. The smallest absolute Gasteiger partial charge is 0.126 e. The third-order valence-electron chi connectivity index (χ3n) is 3.65. The molecule has 1 aromatic carbocycles. The van der Waals surface area contributed by atoms with E-state index in [0.29, 0.717) is 18.7 Å². The highest BCUT2D eigenvalue weighted by Gasteiger charge is 2.18. The summed E-state index contributed by atoms with van der Waals surface area (Å²) in [5, 5.41) is 0. The van der Waals surface area contributed by atoms with E-state index in [-0.39, 0.29) is 11.9 Å². The Kier molecular flexibility index (Phi) is 4.52. The first-order chi connectivity index (χ1) is 9.52. The van der Waals surface area contributed by atoms with Gasteiger partial charge in [-0.15, -0.1) is 0 Å². The molecule has 0 spiro atoms. The third kappa shape index (κ3) is 3.05. The molecule has 1 atom stereocenters. The fraction of sp³-hybridized carbons (Fsp3) is 0.400. The van der Waals surface area contributed by atoms with Crippen LogP contribution in [0.2, 0.25) is 0 Å². The molecule has 0 aliphatic heterocycles. The summed E-state index contributed by atoms with van der Waals surface area (Å²) >= 11 is 0. The standard InChI is InChI=1S/C15H21FN4/c1-11-4-5-12(8-13(11)16)14(9-17)20(3)10-15-18-6-7-19(15)2/h4-8,14H,9-10,17H2,1-3H3. The van der Waals surface area contributed by atoms with E-state index in [1.54, 1.807) is 25.3 Å². The van der Waals surface area contributed by atoms with Gasteiger partial charge in [-0.3, -0.25) is 4.90 Å². The minimum atomic E-state index is -0.189. The predicted octanol–water partition coefficient (Wildman–Crippen LogP) is 2.00. The number of nitrogens with zero attached hydrogens (tertiary/aromatic N) is 3. The maximum absolute atomic E-state index is 13.7. The number of rotatable bonds is 5. The Morgan fingerprint density at radius 1 is 1.45 bits per heavy atom. The van der Waals surface area contributed by atoms with E-state index in [4.69, 9.17) is 5.73 Å². The second-order valence-corrected chi connectivity index (χ2v) is 5.13. The zero-order chi connectivity index (χ0) is 14.7. The normalized spacial score (nSPS) is 12.9. The topological polar surface area (TPSA) is 47.1 Å². The second kappa shape index (κ2) is 6.15. The molecule has 2 rings (SSSR count). The molecule has 0 aliphatic carbocycles. The molecule has 4 nitrogen and oxygen atoms in total. The van der Waals surface area contributed by atoms with Crippen molar-refractivity contribution >= 4 is 0 Å². The third-order valence-corrected chi connectivity index (χ3v) is 3.65. The van der Waals surface area contributed by atoms with E-state index in [9.17, 15) is 4.39 Å². The van der Waals surface area contributed by atoms with E-state index in [1.165, 1.54) is 0 Å². The van der Waals surface area contributed by atoms with Gasteiger partial charge in [0.25, 0.3) is 0 Å². The summed E-state index contributed by atoms with van der Waals surface area (Å²) in [5.74, 6) is 0.768. The van der Waals surface area contributed by atoms with Gasteiger partial charge in [-0.25, -0.2) is 9.37 Å². The lowest BCUT2D eigenvalue weighted by molar-refractivity contribution is 0.233. The summed E-state index contributed by atoms with van der Waals surface area (Å²) in [6, 6.07) is 5.27. The van der Waals surface area contributed by atoms with Gasteiger partial charge < -0.3 is 10.3 Å². The minimum Gasteiger partial charge on any atom is -0.337 e. The number of likely N-dealkylation sites (N-methyl/N-ethyl adjacent to an activating group) is 1. The number of benzene rings is 1. The van der Waals surface area contributed by atoms with E-state index >= 15 is 0 Å². The van der Waals surface area contributed by atoms with Crippen LogP contribution in [0.3, 0.4) is 0 Å². The molecule has 20 heavy (non-hydrogen) atoms. The number of aromatic nitrogens is 2. The molecule has 1 aromatic heterocycles. The average Bonchev–Trinajstić information content (AvgIpc) is 2.80. The highest BCUT2D eigenvalue weighted by atomic mass is 19.1. The molecule has 2 N–H and O–H groups in total. The Bertz CT molecular complexity index is 579. The summed E-state index contributed by atoms with van der Waals surface area (Å²) in [6.45, 7) is 2.86. The van der Waals surface area contributed by atoms with Gasteiger partial charge in [-0.05, 0) is 31.2 Å². The summed E-state index contributed by atoms with van der Waals surface area (Å²) in [6.07, 6.45) is 3.68. The molecule has 0 radical (unpaired) electrons. The number of hydrogen-bond acceptors (Lipinski definition) is 3. The van der Waals surface area contributed by atoms with Crippen molar-refractivity contribution < 1.29 is 4.39 Å². The van der Waals surface area contributed by atoms with Crippen LogP contribution < -0.4 is 5.73 Å².